The summed E-state index contributed by atoms with van der Waals surface area (Å²) in [5, 5.41) is 17.7. The summed E-state index contributed by atoms with van der Waals surface area (Å²) >= 11 is 17.8. The molecule has 10 nitrogen and oxygen atoms in total. The standard InChI is InChI=1S/C17H13ClN2O2.C14H8Cl2N2O2.C3H7BO2/c18-11-7-12(19-15(8-11)10-5-6-10)9-20-16(21)13-3-1-2-4-14(13)17(20)22;15-8-5-9(17-12(16)6-8)7-18-13(19)10-3-1-2-4-11(10)14(18)20;5-4(6)3-1-2-3/h1-4,7-8,10H,5-6,9H2;1-6H,7H2;3,5-6H,1-2H2. The number of nitrogens with zero attached hydrogens (tertiary/aromatic N) is 4. The topological polar surface area (TPSA) is 141 Å². The maximum atomic E-state index is 12.4. The van der Waals surface area contributed by atoms with E-state index in [1.54, 1.807) is 60.7 Å². The van der Waals surface area contributed by atoms with E-state index in [1.165, 1.54) is 11.0 Å². The van der Waals surface area contributed by atoms with Crippen LogP contribution in [0.5, 0.6) is 0 Å². The van der Waals surface area contributed by atoms with Crippen LogP contribution < -0.4 is 0 Å². The van der Waals surface area contributed by atoms with Gasteiger partial charge in [0.15, 0.2) is 0 Å². The van der Waals surface area contributed by atoms with Gasteiger partial charge in [0.25, 0.3) is 23.6 Å². The van der Waals surface area contributed by atoms with Crippen LogP contribution >= 0.6 is 34.8 Å². The maximum absolute atomic E-state index is 12.4. The molecule has 244 valence electrons. The minimum Gasteiger partial charge on any atom is -0.427 e. The van der Waals surface area contributed by atoms with Crippen molar-refractivity contribution in [2.45, 2.75) is 50.5 Å². The van der Waals surface area contributed by atoms with Gasteiger partial charge in [0, 0.05) is 21.7 Å². The minimum absolute atomic E-state index is 0.0482. The summed E-state index contributed by atoms with van der Waals surface area (Å²) in [6.45, 7) is 0.208. The van der Waals surface area contributed by atoms with Gasteiger partial charge in [-0.15, -0.1) is 0 Å². The second-order valence-electron chi connectivity index (χ2n) is 11.8. The van der Waals surface area contributed by atoms with Crippen LogP contribution in [0, 0.1) is 0 Å². The van der Waals surface area contributed by atoms with Gasteiger partial charge >= 0.3 is 7.12 Å². The zero-order valence-corrected chi connectivity index (χ0v) is 27.6. The van der Waals surface area contributed by atoms with Crippen molar-refractivity contribution in [2.75, 3.05) is 0 Å². The number of halogens is 3. The fourth-order valence-corrected chi connectivity index (χ4v) is 6.07. The second kappa shape index (κ2) is 14.2. The van der Waals surface area contributed by atoms with E-state index in [0.29, 0.717) is 49.6 Å². The zero-order chi connectivity index (χ0) is 34.1. The average molecular weight is 706 g/mol. The first-order chi connectivity index (χ1) is 23.0. The molecule has 0 unspecified atom stereocenters. The molecule has 48 heavy (non-hydrogen) atoms. The monoisotopic (exact) mass is 704 g/mol. The summed E-state index contributed by atoms with van der Waals surface area (Å²) in [7, 11) is -1.04. The molecule has 2 aliphatic carbocycles. The first-order valence-electron chi connectivity index (χ1n) is 15.2. The van der Waals surface area contributed by atoms with Crippen molar-refractivity contribution < 1.29 is 29.2 Å². The highest BCUT2D eigenvalue weighted by atomic mass is 35.5. The van der Waals surface area contributed by atoms with E-state index < -0.39 is 7.12 Å². The number of carbonyl (C=O) groups excluding carboxylic acids is 4. The molecule has 2 fully saturated rings. The van der Waals surface area contributed by atoms with E-state index in [-0.39, 0.29) is 47.7 Å². The molecule has 2 saturated carbocycles. The van der Waals surface area contributed by atoms with Crippen LogP contribution in [0.15, 0.2) is 72.8 Å². The molecule has 8 rings (SSSR count). The highest BCUT2D eigenvalue weighted by molar-refractivity contribution is 6.44. The molecule has 4 aliphatic rings. The molecule has 0 bridgehead atoms. The summed E-state index contributed by atoms with van der Waals surface area (Å²) in [6, 6.07) is 20.2. The van der Waals surface area contributed by atoms with E-state index in [2.05, 4.69) is 9.97 Å². The number of carbonyl (C=O) groups is 4. The average Bonchev–Trinajstić information content (AvgIpc) is 3.99. The van der Waals surface area contributed by atoms with Crippen LogP contribution in [0.4, 0.5) is 0 Å². The molecular formula is C34H28BCl3N4O6. The Labute approximate surface area is 291 Å². The third kappa shape index (κ3) is 7.61. The van der Waals surface area contributed by atoms with Crippen LogP contribution in [0.2, 0.25) is 21.0 Å². The number of amides is 4. The molecule has 0 atom stereocenters. The lowest BCUT2D eigenvalue weighted by molar-refractivity contribution is 0.0625. The Bertz CT molecular complexity index is 1840. The third-order valence-electron chi connectivity index (χ3n) is 8.11. The predicted molar refractivity (Wildman–Crippen MR) is 180 cm³/mol. The number of imide groups is 2. The van der Waals surface area contributed by atoms with Crippen molar-refractivity contribution in [3.8, 4) is 0 Å². The van der Waals surface area contributed by atoms with Gasteiger partial charge in [0.2, 0.25) is 0 Å². The SMILES string of the molecule is O=C1c2ccccc2C(=O)N1Cc1cc(Cl)cc(C2CC2)n1.O=C1c2ccccc2C(=O)N1Cc1cc(Cl)cc(Cl)n1.OB(O)C1CC1. The molecule has 4 aromatic rings. The smallest absolute Gasteiger partial charge is 0.427 e. The van der Waals surface area contributed by atoms with E-state index in [4.69, 9.17) is 44.9 Å². The lowest BCUT2D eigenvalue weighted by atomic mass is 9.84. The number of benzene rings is 2. The minimum atomic E-state index is -1.04. The van der Waals surface area contributed by atoms with Crippen molar-refractivity contribution in [3.63, 3.8) is 0 Å². The molecule has 2 aromatic carbocycles. The number of fused-ring (bicyclic) bond motifs is 2. The Morgan fingerprint density at radius 2 is 1.04 bits per heavy atom. The number of rotatable bonds is 6. The Morgan fingerprint density at radius 1 is 0.625 bits per heavy atom. The molecule has 4 heterocycles. The lowest BCUT2D eigenvalue weighted by Gasteiger charge is -2.14. The van der Waals surface area contributed by atoms with Crippen LogP contribution in [-0.4, -0.2) is 60.6 Å². The molecule has 2 aromatic heterocycles. The zero-order valence-electron chi connectivity index (χ0n) is 25.4. The van der Waals surface area contributed by atoms with Crippen LogP contribution in [-0.2, 0) is 13.1 Å². The molecule has 2 N–H and O–H groups in total. The van der Waals surface area contributed by atoms with E-state index in [9.17, 15) is 19.2 Å². The number of hydrogen-bond donors (Lipinski definition) is 2. The van der Waals surface area contributed by atoms with Gasteiger partial charge in [-0.2, -0.15) is 0 Å². The Kier molecular flexibility index (Phi) is 9.96. The van der Waals surface area contributed by atoms with Crippen molar-refractivity contribution in [1.82, 2.24) is 19.8 Å². The first-order valence-corrected chi connectivity index (χ1v) is 16.4. The molecule has 0 saturated heterocycles. The summed E-state index contributed by atoms with van der Waals surface area (Å²) < 4.78 is 0. The maximum Gasteiger partial charge on any atom is 0.454 e. The van der Waals surface area contributed by atoms with Gasteiger partial charge < -0.3 is 10.0 Å². The Hall–Kier alpha value is -4.13. The fraction of sp³-hybridized carbons (Fsp3) is 0.235. The van der Waals surface area contributed by atoms with Gasteiger partial charge in [0.1, 0.15) is 5.15 Å². The Balaban J connectivity index is 0.000000143. The van der Waals surface area contributed by atoms with Crippen molar-refractivity contribution in [2.24, 2.45) is 0 Å². The number of aromatic nitrogens is 2. The first kappa shape index (κ1) is 33.8. The summed E-state index contributed by atoms with van der Waals surface area (Å²) in [6.07, 6.45) is 4.24. The largest absolute Gasteiger partial charge is 0.454 e. The van der Waals surface area contributed by atoms with Crippen molar-refractivity contribution in [1.29, 1.82) is 0 Å². The lowest BCUT2D eigenvalue weighted by Crippen LogP contribution is -2.29. The number of pyridine rings is 2. The highest BCUT2D eigenvalue weighted by Gasteiger charge is 2.37. The summed E-state index contributed by atoms with van der Waals surface area (Å²) in [5.74, 6) is -0.512. The van der Waals surface area contributed by atoms with Crippen LogP contribution in [0.3, 0.4) is 0 Å². The molecule has 2 aliphatic heterocycles. The Morgan fingerprint density at radius 3 is 1.40 bits per heavy atom. The van der Waals surface area contributed by atoms with Gasteiger partial charge in [-0.25, -0.2) is 4.98 Å². The fourth-order valence-electron chi connectivity index (χ4n) is 5.32. The number of hydrogen-bond acceptors (Lipinski definition) is 8. The quantitative estimate of drug-likeness (QED) is 0.137. The highest BCUT2D eigenvalue weighted by Crippen LogP contribution is 2.40. The van der Waals surface area contributed by atoms with Gasteiger partial charge in [-0.05, 0) is 67.2 Å². The van der Waals surface area contributed by atoms with E-state index in [0.717, 1.165) is 36.3 Å². The second-order valence-corrected chi connectivity index (χ2v) is 13.1. The summed E-state index contributed by atoms with van der Waals surface area (Å²) in [5.41, 5.74) is 3.81. The van der Waals surface area contributed by atoms with Crippen LogP contribution in [0.25, 0.3) is 0 Å². The molecule has 4 amide bonds. The molecule has 0 spiro atoms. The van der Waals surface area contributed by atoms with E-state index in [1.807, 2.05) is 6.07 Å². The van der Waals surface area contributed by atoms with Gasteiger partial charge in [-0.1, -0.05) is 71.9 Å². The van der Waals surface area contributed by atoms with Gasteiger partial charge in [-0.3, -0.25) is 34.0 Å². The molecule has 0 radical (unpaired) electrons. The molecular weight excluding hydrogens is 678 g/mol. The van der Waals surface area contributed by atoms with Crippen molar-refractivity contribution in [3.05, 3.63) is 127 Å². The normalized spacial score (nSPS) is 16.2. The van der Waals surface area contributed by atoms with E-state index >= 15 is 0 Å². The predicted octanol–water partition coefficient (Wildman–Crippen LogP) is 6.22. The summed E-state index contributed by atoms with van der Waals surface area (Å²) in [4.78, 5) is 60.1. The van der Waals surface area contributed by atoms with Gasteiger partial charge in [0.05, 0.1) is 46.7 Å². The van der Waals surface area contributed by atoms with Crippen molar-refractivity contribution >= 4 is 65.5 Å². The third-order valence-corrected chi connectivity index (χ3v) is 8.74. The van der Waals surface area contributed by atoms with Crippen LogP contribution in [0.1, 0.15) is 90.1 Å². The molecule has 14 heteroatoms.